The standard InChI is InChI=1S/C18H16ClN3O3S/c1-24-12-5-3-4-10(8-12)15(23)16-17(20)22-18(26-16)21-11-6-7-14(25-2)13(19)9-11/h3-9H,20H2,1-2H3,(H,21,22). The summed E-state index contributed by atoms with van der Waals surface area (Å²) in [5.41, 5.74) is 7.14. The SMILES string of the molecule is COc1cccc(C(=O)c2sc(Nc3ccc(OC)c(Cl)c3)nc2N)c1. The number of benzene rings is 2. The molecule has 26 heavy (non-hydrogen) atoms. The van der Waals surface area contributed by atoms with Crippen LogP contribution in [0.3, 0.4) is 0 Å². The fraction of sp³-hybridized carbons (Fsp3) is 0.111. The van der Waals surface area contributed by atoms with Crippen LogP contribution >= 0.6 is 22.9 Å². The average molecular weight is 390 g/mol. The summed E-state index contributed by atoms with van der Waals surface area (Å²) in [6.07, 6.45) is 0. The van der Waals surface area contributed by atoms with E-state index >= 15 is 0 Å². The van der Waals surface area contributed by atoms with Crippen molar-refractivity contribution in [1.82, 2.24) is 4.98 Å². The van der Waals surface area contributed by atoms with Crippen molar-refractivity contribution in [3.05, 3.63) is 57.9 Å². The fourth-order valence-electron chi connectivity index (χ4n) is 2.31. The van der Waals surface area contributed by atoms with Crippen molar-refractivity contribution in [3.63, 3.8) is 0 Å². The van der Waals surface area contributed by atoms with Gasteiger partial charge in [-0.25, -0.2) is 4.98 Å². The van der Waals surface area contributed by atoms with Crippen LogP contribution in [0, 0.1) is 0 Å². The van der Waals surface area contributed by atoms with E-state index < -0.39 is 0 Å². The van der Waals surface area contributed by atoms with Gasteiger partial charge in [0.15, 0.2) is 5.13 Å². The Labute approximate surface area is 159 Å². The highest BCUT2D eigenvalue weighted by molar-refractivity contribution is 7.18. The Morgan fingerprint density at radius 1 is 1.19 bits per heavy atom. The average Bonchev–Trinajstić information content (AvgIpc) is 3.01. The maximum Gasteiger partial charge on any atom is 0.206 e. The van der Waals surface area contributed by atoms with Crippen LogP contribution < -0.4 is 20.5 Å². The lowest BCUT2D eigenvalue weighted by molar-refractivity contribution is 0.104. The van der Waals surface area contributed by atoms with Crippen LogP contribution in [0.25, 0.3) is 0 Å². The Morgan fingerprint density at radius 2 is 2.00 bits per heavy atom. The predicted octanol–water partition coefficient (Wildman–Crippen LogP) is 4.37. The minimum atomic E-state index is -0.209. The highest BCUT2D eigenvalue weighted by Crippen LogP contribution is 2.33. The Kier molecular flexibility index (Phi) is 5.29. The monoisotopic (exact) mass is 389 g/mol. The van der Waals surface area contributed by atoms with Crippen molar-refractivity contribution in [2.24, 2.45) is 0 Å². The molecule has 0 saturated heterocycles. The molecule has 2 aromatic carbocycles. The van der Waals surface area contributed by atoms with Gasteiger partial charge >= 0.3 is 0 Å². The van der Waals surface area contributed by atoms with Gasteiger partial charge in [-0.2, -0.15) is 0 Å². The molecule has 3 aromatic rings. The summed E-state index contributed by atoms with van der Waals surface area (Å²) in [5, 5.41) is 4.06. The first-order chi connectivity index (χ1) is 12.5. The predicted molar refractivity (Wildman–Crippen MR) is 104 cm³/mol. The first-order valence-electron chi connectivity index (χ1n) is 7.57. The van der Waals surface area contributed by atoms with Gasteiger partial charge in [-0.05, 0) is 30.3 Å². The summed E-state index contributed by atoms with van der Waals surface area (Å²) in [6, 6.07) is 12.1. The number of anilines is 3. The van der Waals surface area contributed by atoms with Gasteiger partial charge in [-0.3, -0.25) is 4.79 Å². The molecule has 1 aromatic heterocycles. The maximum atomic E-state index is 12.7. The molecule has 0 aliphatic carbocycles. The molecular formula is C18H16ClN3O3S. The second-order valence-electron chi connectivity index (χ2n) is 5.27. The van der Waals surface area contributed by atoms with Crippen molar-refractivity contribution in [1.29, 1.82) is 0 Å². The number of carbonyl (C=O) groups is 1. The molecule has 6 nitrogen and oxygen atoms in total. The topological polar surface area (TPSA) is 86.5 Å². The minimum absolute atomic E-state index is 0.171. The molecule has 0 atom stereocenters. The summed E-state index contributed by atoms with van der Waals surface area (Å²) in [5.74, 6) is 1.14. The molecule has 0 amide bonds. The van der Waals surface area contributed by atoms with Crippen molar-refractivity contribution in [3.8, 4) is 11.5 Å². The molecule has 8 heteroatoms. The number of halogens is 1. The highest BCUT2D eigenvalue weighted by atomic mass is 35.5. The minimum Gasteiger partial charge on any atom is -0.497 e. The van der Waals surface area contributed by atoms with Gasteiger partial charge in [-0.15, -0.1) is 0 Å². The van der Waals surface area contributed by atoms with Crippen LogP contribution in [0.1, 0.15) is 15.2 Å². The lowest BCUT2D eigenvalue weighted by atomic mass is 10.1. The molecule has 3 N–H and O–H groups in total. The number of nitrogens with one attached hydrogen (secondary N) is 1. The number of nitrogens with two attached hydrogens (primary N) is 1. The largest absolute Gasteiger partial charge is 0.497 e. The normalized spacial score (nSPS) is 10.4. The molecule has 0 saturated carbocycles. The van der Waals surface area contributed by atoms with E-state index in [0.29, 0.717) is 37.8 Å². The molecule has 1 heterocycles. The number of rotatable bonds is 6. The zero-order valence-electron chi connectivity index (χ0n) is 14.1. The van der Waals surface area contributed by atoms with E-state index in [9.17, 15) is 4.79 Å². The van der Waals surface area contributed by atoms with Gasteiger partial charge in [0.1, 0.15) is 22.2 Å². The number of hydrogen-bond donors (Lipinski definition) is 2. The van der Waals surface area contributed by atoms with Crippen molar-refractivity contribution in [2.45, 2.75) is 0 Å². The fourth-order valence-corrected chi connectivity index (χ4v) is 3.44. The lowest BCUT2D eigenvalue weighted by Gasteiger charge is -2.06. The molecule has 0 aliphatic heterocycles. The Balaban J connectivity index is 1.84. The lowest BCUT2D eigenvalue weighted by Crippen LogP contribution is -2.02. The molecule has 0 radical (unpaired) electrons. The number of ether oxygens (including phenoxy) is 2. The molecule has 0 fully saturated rings. The summed E-state index contributed by atoms with van der Waals surface area (Å²) in [4.78, 5) is 17.3. The Morgan fingerprint density at radius 3 is 2.69 bits per heavy atom. The van der Waals surface area contributed by atoms with Gasteiger partial charge in [-0.1, -0.05) is 35.1 Å². The van der Waals surface area contributed by atoms with Gasteiger partial charge in [0.05, 0.1) is 19.2 Å². The van der Waals surface area contributed by atoms with Crippen LogP contribution in [-0.4, -0.2) is 25.0 Å². The van der Waals surface area contributed by atoms with Crippen molar-refractivity contribution >= 4 is 45.4 Å². The van der Waals surface area contributed by atoms with E-state index in [1.165, 1.54) is 11.3 Å². The number of nitrogens with zero attached hydrogens (tertiary/aromatic N) is 1. The van der Waals surface area contributed by atoms with Gasteiger partial charge < -0.3 is 20.5 Å². The summed E-state index contributed by atoms with van der Waals surface area (Å²) < 4.78 is 10.3. The molecule has 0 aliphatic rings. The summed E-state index contributed by atoms with van der Waals surface area (Å²) >= 11 is 7.29. The van der Waals surface area contributed by atoms with Crippen LogP contribution in [0.5, 0.6) is 11.5 Å². The zero-order chi connectivity index (χ0) is 18.7. The maximum absolute atomic E-state index is 12.7. The summed E-state index contributed by atoms with van der Waals surface area (Å²) in [6.45, 7) is 0. The number of thiazole rings is 1. The number of ketones is 1. The van der Waals surface area contributed by atoms with Crippen LogP contribution in [0.2, 0.25) is 5.02 Å². The Hall–Kier alpha value is -2.77. The number of methoxy groups -OCH3 is 2. The second kappa shape index (κ2) is 7.63. The van der Waals surface area contributed by atoms with E-state index in [2.05, 4.69) is 10.3 Å². The third-order valence-corrected chi connectivity index (χ3v) is 4.88. The van der Waals surface area contributed by atoms with Crippen molar-refractivity contribution in [2.75, 3.05) is 25.3 Å². The van der Waals surface area contributed by atoms with E-state index in [-0.39, 0.29) is 11.6 Å². The summed E-state index contributed by atoms with van der Waals surface area (Å²) in [7, 11) is 3.10. The molecule has 0 spiro atoms. The molecular weight excluding hydrogens is 374 g/mol. The van der Waals surface area contributed by atoms with Crippen LogP contribution in [0.15, 0.2) is 42.5 Å². The number of hydrogen-bond acceptors (Lipinski definition) is 7. The molecule has 3 rings (SSSR count). The first-order valence-corrected chi connectivity index (χ1v) is 8.77. The third kappa shape index (κ3) is 3.74. The molecule has 0 unspecified atom stereocenters. The second-order valence-corrected chi connectivity index (χ2v) is 6.68. The first kappa shape index (κ1) is 18.0. The number of nitrogen functional groups attached to an aromatic ring is 1. The smallest absolute Gasteiger partial charge is 0.206 e. The Bertz CT molecular complexity index is 959. The van der Waals surface area contributed by atoms with E-state index in [0.717, 1.165) is 0 Å². The van der Waals surface area contributed by atoms with Gasteiger partial charge in [0, 0.05) is 11.3 Å². The van der Waals surface area contributed by atoms with E-state index in [4.69, 9.17) is 26.8 Å². The highest BCUT2D eigenvalue weighted by Gasteiger charge is 2.18. The van der Waals surface area contributed by atoms with Gasteiger partial charge in [0.2, 0.25) is 5.78 Å². The van der Waals surface area contributed by atoms with Gasteiger partial charge in [0.25, 0.3) is 0 Å². The number of carbonyl (C=O) groups excluding carboxylic acids is 1. The third-order valence-electron chi connectivity index (χ3n) is 3.59. The van der Waals surface area contributed by atoms with Crippen molar-refractivity contribution < 1.29 is 14.3 Å². The van der Waals surface area contributed by atoms with Crippen LogP contribution in [0.4, 0.5) is 16.6 Å². The van der Waals surface area contributed by atoms with Crippen LogP contribution in [-0.2, 0) is 0 Å². The number of aromatic nitrogens is 1. The quantitative estimate of drug-likeness (QED) is 0.609. The zero-order valence-corrected chi connectivity index (χ0v) is 15.6. The van der Waals surface area contributed by atoms with E-state index in [1.807, 2.05) is 0 Å². The van der Waals surface area contributed by atoms with E-state index in [1.54, 1.807) is 56.7 Å². The molecule has 134 valence electrons. The molecule has 0 bridgehead atoms.